The van der Waals surface area contributed by atoms with Gasteiger partial charge in [0.15, 0.2) is 0 Å². The first-order chi connectivity index (χ1) is 12.1. The Kier molecular flexibility index (Phi) is 6.69. The number of ether oxygens (including phenoxy) is 2. The summed E-state index contributed by atoms with van der Waals surface area (Å²) in [6, 6.07) is -0.264. The SMILES string of the molecule is CC(C)[C@H]1COC(=O)N1C(=O)[C@@H](CC(=O)OC(C)(C)C)C1CCCCC1. The lowest BCUT2D eigenvalue weighted by atomic mass is 9.77. The molecule has 2 aliphatic rings. The highest BCUT2D eigenvalue weighted by molar-refractivity contribution is 5.96. The molecule has 6 nitrogen and oxygen atoms in total. The maximum absolute atomic E-state index is 13.3. The zero-order chi connectivity index (χ0) is 19.5. The molecule has 6 heteroatoms. The lowest BCUT2D eigenvalue weighted by molar-refractivity contribution is -0.159. The van der Waals surface area contributed by atoms with Crippen LogP contribution in [0, 0.1) is 17.8 Å². The second-order valence-electron chi connectivity index (χ2n) is 8.89. The van der Waals surface area contributed by atoms with Gasteiger partial charge in [-0.25, -0.2) is 9.69 Å². The van der Waals surface area contributed by atoms with Crippen LogP contribution >= 0.6 is 0 Å². The van der Waals surface area contributed by atoms with Gasteiger partial charge in [0.2, 0.25) is 5.91 Å². The van der Waals surface area contributed by atoms with Gasteiger partial charge < -0.3 is 9.47 Å². The summed E-state index contributed by atoms with van der Waals surface area (Å²) in [4.78, 5) is 39.2. The Bertz CT molecular complexity index is 531. The van der Waals surface area contributed by atoms with Gasteiger partial charge >= 0.3 is 12.1 Å². The van der Waals surface area contributed by atoms with Crippen molar-refractivity contribution in [3.8, 4) is 0 Å². The minimum absolute atomic E-state index is 0.0232. The summed E-state index contributed by atoms with van der Waals surface area (Å²) < 4.78 is 10.6. The molecule has 0 aromatic carbocycles. The van der Waals surface area contributed by atoms with Crippen molar-refractivity contribution in [3.05, 3.63) is 0 Å². The van der Waals surface area contributed by atoms with Gasteiger partial charge in [-0.3, -0.25) is 9.59 Å². The lowest BCUT2D eigenvalue weighted by Gasteiger charge is -2.33. The Morgan fingerprint density at radius 3 is 2.35 bits per heavy atom. The molecule has 0 unspecified atom stereocenters. The standard InChI is InChI=1S/C20H33NO5/c1-13(2)16-12-25-19(24)21(16)18(23)15(14-9-7-6-8-10-14)11-17(22)26-20(3,4)5/h13-16H,6-12H2,1-5H3/t15-,16+/m0/s1. The highest BCUT2D eigenvalue weighted by atomic mass is 16.6. The molecule has 1 aliphatic carbocycles. The first kappa shape index (κ1) is 20.7. The molecule has 1 saturated carbocycles. The summed E-state index contributed by atoms with van der Waals surface area (Å²) in [6.07, 6.45) is 4.53. The van der Waals surface area contributed by atoms with Crippen molar-refractivity contribution in [3.63, 3.8) is 0 Å². The van der Waals surface area contributed by atoms with Crippen molar-refractivity contribution < 1.29 is 23.9 Å². The number of esters is 1. The predicted octanol–water partition coefficient (Wildman–Crippen LogP) is 3.92. The van der Waals surface area contributed by atoms with E-state index in [1.165, 1.54) is 4.90 Å². The van der Waals surface area contributed by atoms with Gasteiger partial charge in [0.05, 0.1) is 18.4 Å². The number of carbonyl (C=O) groups is 3. The van der Waals surface area contributed by atoms with Crippen LogP contribution in [0.4, 0.5) is 4.79 Å². The topological polar surface area (TPSA) is 72.9 Å². The third-order valence-corrected chi connectivity index (χ3v) is 5.26. The summed E-state index contributed by atoms with van der Waals surface area (Å²) in [7, 11) is 0. The molecule has 26 heavy (non-hydrogen) atoms. The van der Waals surface area contributed by atoms with Crippen LogP contribution in [0.5, 0.6) is 0 Å². The minimum atomic E-state index is -0.593. The zero-order valence-corrected chi connectivity index (χ0v) is 16.7. The molecular weight excluding hydrogens is 334 g/mol. The Morgan fingerprint density at radius 2 is 1.81 bits per heavy atom. The van der Waals surface area contributed by atoms with E-state index in [2.05, 4.69) is 0 Å². The molecular formula is C20H33NO5. The maximum atomic E-state index is 13.3. The van der Waals surface area contributed by atoms with E-state index in [1.807, 2.05) is 34.6 Å². The van der Waals surface area contributed by atoms with Crippen LogP contribution < -0.4 is 0 Å². The van der Waals surface area contributed by atoms with Crippen molar-refractivity contribution in [1.29, 1.82) is 0 Å². The Hall–Kier alpha value is -1.59. The number of amides is 2. The molecule has 148 valence electrons. The van der Waals surface area contributed by atoms with E-state index in [0.717, 1.165) is 32.1 Å². The molecule has 0 N–H and O–H groups in total. The van der Waals surface area contributed by atoms with Gasteiger partial charge in [-0.2, -0.15) is 0 Å². The van der Waals surface area contributed by atoms with Crippen molar-refractivity contribution >= 4 is 18.0 Å². The highest BCUT2D eigenvalue weighted by Gasteiger charge is 2.45. The van der Waals surface area contributed by atoms with Crippen LogP contribution in [-0.4, -0.2) is 41.1 Å². The molecule has 0 radical (unpaired) electrons. The summed E-state index contributed by atoms with van der Waals surface area (Å²) in [5.41, 5.74) is -0.593. The number of imide groups is 1. The molecule has 1 heterocycles. The first-order valence-electron chi connectivity index (χ1n) is 9.82. The Labute approximate surface area is 156 Å². The number of cyclic esters (lactones) is 1. The number of hydrogen-bond donors (Lipinski definition) is 0. The number of rotatable bonds is 5. The molecule has 2 fully saturated rings. The molecule has 1 saturated heterocycles. The van der Waals surface area contributed by atoms with Crippen molar-refractivity contribution in [2.75, 3.05) is 6.61 Å². The highest BCUT2D eigenvalue weighted by Crippen LogP contribution is 2.35. The molecule has 2 atom stereocenters. The van der Waals surface area contributed by atoms with Gasteiger partial charge in [-0.15, -0.1) is 0 Å². The summed E-state index contributed by atoms with van der Waals surface area (Å²) in [5, 5.41) is 0. The minimum Gasteiger partial charge on any atom is -0.460 e. The van der Waals surface area contributed by atoms with Crippen LogP contribution in [0.1, 0.15) is 73.1 Å². The van der Waals surface area contributed by atoms with Crippen LogP contribution in [0.3, 0.4) is 0 Å². The summed E-state index contributed by atoms with van der Waals surface area (Å²) in [5.74, 6) is -0.944. The van der Waals surface area contributed by atoms with E-state index in [9.17, 15) is 14.4 Å². The second kappa shape index (κ2) is 8.40. The Balaban J connectivity index is 2.20. The van der Waals surface area contributed by atoms with Crippen LogP contribution in [-0.2, 0) is 19.1 Å². The maximum Gasteiger partial charge on any atom is 0.416 e. The zero-order valence-electron chi connectivity index (χ0n) is 16.7. The fraction of sp³-hybridized carbons (Fsp3) is 0.850. The van der Waals surface area contributed by atoms with E-state index < -0.39 is 17.6 Å². The van der Waals surface area contributed by atoms with Crippen LogP contribution in [0.15, 0.2) is 0 Å². The lowest BCUT2D eigenvalue weighted by Crippen LogP contribution is -2.47. The number of carbonyl (C=O) groups excluding carboxylic acids is 3. The van der Waals surface area contributed by atoms with E-state index in [4.69, 9.17) is 9.47 Å². The van der Waals surface area contributed by atoms with E-state index in [0.29, 0.717) is 0 Å². The molecule has 0 bridgehead atoms. The number of nitrogens with zero attached hydrogens (tertiary/aromatic N) is 1. The van der Waals surface area contributed by atoms with Crippen LogP contribution in [0.2, 0.25) is 0 Å². The van der Waals surface area contributed by atoms with Gasteiger partial charge in [0.25, 0.3) is 0 Å². The summed E-state index contributed by atoms with van der Waals surface area (Å²) >= 11 is 0. The van der Waals surface area contributed by atoms with Gasteiger partial charge in [-0.05, 0) is 45.4 Å². The largest absolute Gasteiger partial charge is 0.460 e. The number of hydrogen-bond acceptors (Lipinski definition) is 5. The third-order valence-electron chi connectivity index (χ3n) is 5.26. The monoisotopic (exact) mass is 367 g/mol. The third kappa shape index (κ3) is 5.21. The quantitative estimate of drug-likeness (QED) is 0.689. The Morgan fingerprint density at radius 1 is 1.19 bits per heavy atom. The van der Waals surface area contributed by atoms with Gasteiger partial charge in [0, 0.05) is 0 Å². The first-order valence-corrected chi connectivity index (χ1v) is 9.82. The van der Waals surface area contributed by atoms with Crippen molar-refractivity contribution in [2.24, 2.45) is 17.8 Å². The molecule has 2 rings (SSSR count). The molecule has 0 aromatic rings. The van der Waals surface area contributed by atoms with Crippen molar-refractivity contribution in [2.45, 2.75) is 84.8 Å². The molecule has 0 spiro atoms. The fourth-order valence-electron chi connectivity index (χ4n) is 3.91. The van der Waals surface area contributed by atoms with Gasteiger partial charge in [0.1, 0.15) is 12.2 Å². The van der Waals surface area contributed by atoms with E-state index in [1.54, 1.807) is 0 Å². The van der Waals surface area contributed by atoms with Gasteiger partial charge in [-0.1, -0.05) is 33.1 Å². The van der Waals surface area contributed by atoms with Crippen molar-refractivity contribution in [1.82, 2.24) is 4.90 Å². The predicted molar refractivity (Wildman–Crippen MR) is 97.3 cm³/mol. The fourth-order valence-corrected chi connectivity index (χ4v) is 3.91. The van der Waals surface area contributed by atoms with E-state index >= 15 is 0 Å². The van der Waals surface area contributed by atoms with E-state index in [-0.39, 0.29) is 42.8 Å². The average molecular weight is 367 g/mol. The smallest absolute Gasteiger partial charge is 0.416 e. The normalized spacial score (nSPS) is 23.1. The second-order valence-corrected chi connectivity index (χ2v) is 8.89. The summed E-state index contributed by atoms with van der Waals surface area (Å²) in [6.45, 7) is 9.61. The molecule has 1 aliphatic heterocycles. The molecule has 0 aromatic heterocycles. The van der Waals surface area contributed by atoms with Crippen LogP contribution in [0.25, 0.3) is 0 Å². The molecule has 2 amide bonds. The average Bonchev–Trinajstić information content (AvgIpc) is 2.93.